The summed E-state index contributed by atoms with van der Waals surface area (Å²) in [6.07, 6.45) is -1.11. The molecule has 2 heterocycles. The van der Waals surface area contributed by atoms with Crippen molar-refractivity contribution in [3.63, 3.8) is 0 Å². The maximum absolute atomic E-state index is 12.6. The maximum Gasteiger partial charge on any atom is 0.330 e. The Bertz CT molecular complexity index is 607. The van der Waals surface area contributed by atoms with E-state index in [1.54, 1.807) is 0 Å². The molecule has 0 spiro atoms. The van der Waals surface area contributed by atoms with Crippen molar-refractivity contribution in [2.45, 2.75) is 19.0 Å². The number of aromatic nitrogens is 4. The predicted molar refractivity (Wildman–Crippen MR) is 60.3 cm³/mol. The van der Waals surface area contributed by atoms with Crippen molar-refractivity contribution in [2.24, 2.45) is 0 Å². The summed E-state index contributed by atoms with van der Waals surface area (Å²) in [7, 11) is 0. The number of alkyl halides is 4. The lowest BCUT2D eigenvalue weighted by molar-refractivity contribution is -0.168. The standard InChI is InChI=1S/C10H9F4N5O2/c11-9(12)10(13,14)4-20-3-5-18-8(21-19-5)6-7(15)17-2-1-16-6/h1-2,9H,3-4H2,(H2,15,17). The summed E-state index contributed by atoms with van der Waals surface area (Å²) in [5, 5.41) is 3.43. The highest BCUT2D eigenvalue weighted by atomic mass is 19.3. The number of rotatable bonds is 6. The lowest BCUT2D eigenvalue weighted by atomic mass is 10.4. The third kappa shape index (κ3) is 3.62. The molecule has 0 amide bonds. The molecule has 7 nitrogen and oxygen atoms in total. The van der Waals surface area contributed by atoms with Gasteiger partial charge >= 0.3 is 12.3 Å². The minimum atomic E-state index is -4.23. The molecule has 0 radical (unpaired) electrons. The first-order valence-corrected chi connectivity index (χ1v) is 5.53. The van der Waals surface area contributed by atoms with E-state index in [0.29, 0.717) is 0 Å². The van der Waals surface area contributed by atoms with Gasteiger partial charge in [-0.3, -0.25) is 0 Å². The molecule has 0 fully saturated rings. The quantitative estimate of drug-likeness (QED) is 0.808. The van der Waals surface area contributed by atoms with Crippen LogP contribution in [0.25, 0.3) is 11.6 Å². The van der Waals surface area contributed by atoms with Crippen LogP contribution in [-0.2, 0) is 11.3 Å². The molecule has 11 heteroatoms. The Balaban J connectivity index is 1.97. The first-order chi connectivity index (χ1) is 9.90. The molecule has 0 bridgehead atoms. The van der Waals surface area contributed by atoms with Crippen LogP contribution in [0.5, 0.6) is 0 Å². The molecule has 0 aliphatic heterocycles. The monoisotopic (exact) mass is 307 g/mol. The zero-order valence-electron chi connectivity index (χ0n) is 10.3. The predicted octanol–water partition coefficient (Wildman–Crippen LogP) is 1.53. The molecule has 0 atom stereocenters. The summed E-state index contributed by atoms with van der Waals surface area (Å²) >= 11 is 0. The molecule has 114 valence electrons. The molecule has 0 aromatic carbocycles. The van der Waals surface area contributed by atoms with Gasteiger partial charge in [0.05, 0.1) is 0 Å². The Morgan fingerprint density at radius 2 is 2.00 bits per heavy atom. The molecule has 0 aliphatic carbocycles. The van der Waals surface area contributed by atoms with Gasteiger partial charge in [0.25, 0.3) is 5.89 Å². The smallest absolute Gasteiger partial charge is 0.330 e. The van der Waals surface area contributed by atoms with E-state index in [2.05, 4.69) is 24.8 Å². The van der Waals surface area contributed by atoms with Crippen LogP contribution in [0.4, 0.5) is 23.4 Å². The molecule has 2 rings (SSSR count). The third-order valence-corrected chi connectivity index (χ3v) is 2.24. The first-order valence-electron chi connectivity index (χ1n) is 5.53. The van der Waals surface area contributed by atoms with E-state index >= 15 is 0 Å². The summed E-state index contributed by atoms with van der Waals surface area (Å²) in [5.74, 6) is -4.39. The van der Waals surface area contributed by atoms with Crippen molar-refractivity contribution < 1.29 is 26.8 Å². The van der Waals surface area contributed by atoms with Gasteiger partial charge in [-0.25, -0.2) is 18.7 Å². The van der Waals surface area contributed by atoms with Gasteiger partial charge in [-0.15, -0.1) is 0 Å². The fourth-order valence-electron chi connectivity index (χ4n) is 1.26. The van der Waals surface area contributed by atoms with Crippen molar-refractivity contribution in [3.8, 4) is 11.6 Å². The zero-order chi connectivity index (χ0) is 15.5. The van der Waals surface area contributed by atoms with Gasteiger partial charge in [-0.05, 0) is 0 Å². The second-order valence-electron chi connectivity index (χ2n) is 3.86. The molecule has 2 aromatic rings. The van der Waals surface area contributed by atoms with E-state index in [1.165, 1.54) is 12.4 Å². The van der Waals surface area contributed by atoms with E-state index in [0.717, 1.165) is 0 Å². The summed E-state index contributed by atoms with van der Waals surface area (Å²) in [6, 6.07) is 0. The normalized spacial score (nSPS) is 12.0. The minimum Gasteiger partial charge on any atom is -0.382 e. The van der Waals surface area contributed by atoms with Crippen molar-refractivity contribution in [1.82, 2.24) is 20.1 Å². The molecular weight excluding hydrogens is 298 g/mol. The van der Waals surface area contributed by atoms with Crippen molar-refractivity contribution >= 4 is 5.82 Å². The highest BCUT2D eigenvalue weighted by Crippen LogP contribution is 2.23. The fourth-order valence-corrected chi connectivity index (χ4v) is 1.26. The van der Waals surface area contributed by atoms with Gasteiger partial charge in [0.15, 0.2) is 17.3 Å². The van der Waals surface area contributed by atoms with Crippen LogP contribution in [0.3, 0.4) is 0 Å². The van der Waals surface area contributed by atoms with Crippen LogP contribution in [0.1, 0.15) is 5.82 Å². The van der Waals surface area contributed by atoms with Crippen molar-refractivity contribution in [1.29, 1.82) is 0 Å². The van der Waals surface area contributed by atoms with Crippen molar-refractivity contribution in [2.75, 3.05) is 12.3 Å². The molecule has 0 aliphatic rings. The third-order valence-electron chi connectivity index (χ3n) is 2.24. The van der Waals surface area contributed by atoms with Crippen LogP contribution in [0.15, 0.2) is 16.9 Å². The van der Waals surface area contributed by atoms with E-state index < -0.39 is 25.6 Å². The number of nitrogens with two attached hydrogens (primary N) is 1. The number of nitrogen functional groups attached to an aromatic ring is 1. The molecule has 2 N–H and O–H groups in total. The van der Waals surface area contributed by atoms with Crippen LogP contribution in [0.2, 0.25) is 0 Å². The number of hydrogen-bond donors (Lipinski definition) is 1. The van der Waals surface area contributed by atoms with Gasteiger partial charge < -0.3 is 15.0 Å². The van der Waals surface area contributed by atoms with Gasteiger partial charge in [-0.1, -0.05) is 5.16 Å². The van der Waals surface area contributed by atoms with Crippen LogP contribution in [-0.4, -0.2) is 39.1 Å². The summed E-state index contributed by atoms with van der Waals surface area (Å²) < 4.78 is 58.2. The van der Waals surface area contributed by atoms with E-state index in [1.807, 2.05) is 0 Å². The Labute approximate surface area is 115 Å². The summed E-state index contributed by atoms with van der Waals surface area (Å²) in [5.41, 5.74) is 5.66. The lowest BCUT2D eigenvalue weighted by Crippen LogP contribution is -2.32. The number of halogens is 4. The average molecular weight is 307 g/mol. The van der Waals surface area contributed by atoms with Gasteiger partial charge in [-0.2, -0.15) is 13.8 Å². The first kappa shape index (κ1) is 15.1. The second-order valence-corrected chi connectivity index (χ2v) is 3.86. The van der Waals surface area contributed by atoms with Crippen LogP contribution < -0.4 is 5.73 Å². The molecule has 2 aromatic heterocycles. The maximum atomic E-state index is 12.6. The van der Waals surface area contributed by atoms with Gasteiger partial charge in [0.1, 0.15) is 13.2 Å². The summed E-state index contributed by atoms with van der Waals surface area (Å²) in [4.78, 5) is 11.4. The highest BCUT2D eigenvalue weighted by molar-refractivity contribution is 5.61. The molecule has 0 saturated heterocycles. The molecule has 21 heavy (non-hydrogen) atoms. The Hall–Kier alpha value is -2.30. The fraction of sp³-hybridized carbons (Fsp3) is 0.400. The Morgan fingerprint density at radius 1 is 1.29 bits per heavy atom. The lowest BCUT2D eigenvalue weighted by Gasteiger charge is -2.14. The highest BCUT2D eigenvalue weighted by Gasteiger charge is 2.41. The van der Waals surface area contributed by atoms with Crippen molar-refractivity contribution in [3.05, 3.63) is 18.2 Å². The Kier molecular flexibility index (Phi) is 4.31. The molecule has 0 unspecified atom stereocenters. The largest absolute Gasteiger partial charge is 0.382 e. The number of nitrogens with zero attached hydrogens (tertiary/aromatic N) is 4. The summed E-state index contributed by atoms with van der Waals surface area (Å²) in [6.45, 7) is -1.98. The SMILES string of the molecule is Nc1nccnc1-c1nc(COCC(F)(F)C(F)F)no1. The van der Waals surface area contributed by atoms with E-state index in [9.17, 15) is 17.6 Å². The van der Waals surface area contributed by atoms with Gasteiger partial charge in [0.2, 0.25) is 0 Å². The van der Waals surface area contributed by atoms with Crippen LogP contribution >= 0.6 is 0 Å². The molecular formula is C10H9F4N5O2. The average Bonchev–Trinajstić information content (AvgIpc) is 2.87. The van der Waals surface area contributed by atoms with E-state index in [4.69, 9.17) is 10.3 Å². The molecule has 0 saturated carbocycles. The minimum absolute atomic E-state index is 0.0397. The number of hydrogen-bond acceptors (Lipinski definition) is 7. The van der Waals surface area contributed by atoms with E-state index in [-0.39, 0.29) is 23.2 Å². The number of ether oxygens (including phenoxy) is 1. The topological polar surface area (TPSA) is 100.0 Å². The van der Waals surface area contributed by atoms with Gasteiger partial charge in [0, 0.05) is 12.4 Å². The van der Waals surface area contributed by atoms with Crippen LogP contribution in [0, 0.1) is 0 Å². The second kappa shape index (κ2) is 5.99. The number of anilines is 1. The zero-order valence-corrected chi connectivity index (χ0v) is 10.3. The Morgan fingerprint density at radius 3 is 2.67 bits per heavy atom.